The SMILES string of the molecule is CNC(=O)C1CNCCN1S(=O)(=O)N1CC(C)OC(C)C1. The van der Waals surface area contributed by atoms with Crippen molar-refractivity contribution in [3.05, 3.63) is 0 Å². The van der Waals surface area contributed by atoms with Gasteiger partial charge in [-0.3, -0.25) is 4.79 Å². The summed E-state index contributed by atoms with van der Waals surface area (Å²) in [5.74, 6) is -0.292. The van der Waals surface area contributed by atoms with E-state index in [1.54, 1.807) is 0 Å². The Labute approximate surface area is 126 Å². The molecule has 2 saturated heterocycles. The molecule has 2 rings (SSSR count). The van der Waals surface area contributed by atoms with E-state index < -0.39 is 16.3 Å². The Morgan fingerprint density at radius 2 is 1.90 bits per heavy atom. The van der Waals surface area contributed by atoms with Crippen LogP contribution in [0, 0.1) is 0 Å². The van der Waals surface area contributed by atoms with Crippen molar-refractivity contribution in [2.75, 3.05) is 39.8 Å². The lowest BCUT2D eigenvalue weighted by Gasteiger charge is -2.40. The number of nitrogens with zero attached hydrogens (tertiary/aromatic N) is 2. The molecule has 3 atom stereocenters. The van der Waals surface area contributed by atoms with Crippen molar-refractivity contribution in [1.82, 2.24) is 19.2 Å². The second-order valence-electron chi connectivity index (χ2n) is 5.53. The van der Waals surface area contributed by atoms with Crippen LogP contribution in [-0.2, 0) is 19.7 Å². The first kappa shape index (κ1) is 16.6. The van der Waals surface area contributed by atoms with Crippen LogP contribution < -0.4 is 10.6 Å². The Kier molecular flexibility index (Phi) is 5.20. The number of hydrogen-bond donors (Lipinski definition) is 2. The van der Waals surface area contributed by atoms with Crippen molar-refractivity contribution in [3.63, 3.8) is 0 Å². The van der Waals surface area contributed by atoms with E-state index in [-0.39, 0.29) is 18.1 Å². The molecule has 122 valence electrons. The molecule has 0 spiro atoms. The zero-order chi connectivity index (χ0) is 15.6. The zero-order valence-electron chi connectivity index (χ0n) is 12.7. The van der Waals surface area contributed by atoms with Gasteiger partial charge < -0.3 is 15.4 Å². The molecule has 9 heteroatoms. The number of morpholine rings is 1. The minimum absolute atomic E-state index is 0.148. The van der Waals surface area contributed by atoms with Crippen LogP contribution in [0.5, 0.6) is 0 Å². The minimum atomic E-state index is -3.67. The fourth-order valence-electron chi connectivity index (χ4n) is 2.82. The molecule has 2 aliphatic rings. The van der Waals surface area contributed by atoms with Gasteiger partial charge in [-0.1, -0.05) is 0 Å². The van der Waals surface area contributed by atoms with Gasteiger partial charge in [0.1, 0.15) is 6.04 Å². The summed E-state index contributed by atoms with van der Waals surface area (Å²) in [5, 5.41) is 5.59. The van der Waals surface area contributed by atoms with E-state index in [0.717, 1.165) is 0 Å². The monoisotopic (exact) mass is 320 g/mol. The maximum Gasteiger partial charge on any atom is 0.282 e. The average molecular weight is 320 g/mol. The lowest BCUT2D eigenvalue weighted by atomic mass is 10.2. The van der Waals surface area contributed by atoms with Crippen LogP contribution in [0.2, 0.25) is 0 Å². The third-order valence-corrected chi connectivity index (χ3v) is 5.73. The Morgan fingerprint density at radius 3 is 2.48 bits per heavy atom. The molecule has 2 fully saturated rings. The van der Waals surface area contributed by atoms with Crippen LogP contribution in [-0.4, -0.2) is 81.0 Å². The number of rotatable bonds is 3. The van der Waals surface area contributed by atoms with Crippen LogP contribution in [0.1, 0.15) is 13.8 Å². The van der Waals surface area contributed by atoms with Gasteiger partial charge in [0.25, 0.3) is 10.2 Å². The summed E-state index contributed by atoms with van der Waals surface area (Å²) in [5.41, 5.74) is 0. The largest absolute Gasteiger partial charge is 0.373 e. The number of amides is 1. The molecule has 2 N–H and O–H groups in total. The fourth-order valence-corrected chi connectivity index (χ4v) is 4.73. The molecule has 21 heavy (non-hydrogen) atoms. The molecule has 0 radical (unpaired) electrons. The first-order valence-electron chi connectivity index (χ1n) is 7.21. The van der Waals surface area contributed by atoms with E-state index in [1.165, 1.54) is 15.7 Å². The van der Waals surface area contributed by atoms with Crippen LogP contribution in [0.4, 0.5) is 0 Å². The van der Waals surface area contributed by atoms with E-state index in [4.69, 9.17) is 4.74 Å². The second kappa shape index (κ2) is 6.57. The Hall–Kier alpha value is -0.740. The van der Waals surface area contributed by atoms with Gasteiger partial charge in [-0.2, -0.15) is 17.0 Å². The smallest absolute Gasteiger partial charge is 0.282 e. The van der Waals surface area contributed by atoms with E-state index in [9.17, 15) is 13.2 Å². The number of hydrogen-bond acceptors (Lipinski definition) is 5. The Morgan fingerprint density at radius 1 is 1.29 bits per heavy atom. The first-order chi connectivity index (χ1) is 9.86. The maximum absolute atomic E-state index is 12.9. The van der Waals surface area contributed by atoms with Gasteiger partial charge in [0.2, 0.25) is 5.91 Å². The van der Waals surface area contributed by atoms with Crippen LogP contribution in [0.3, 0.4) is 0 Å². The summed E-state index contributed by atoms with van der Waals surface area (Å²) in [4.78, 5) is 11.9. The van der Waals surface area contributed by atoms with Crippen molar-refractivity contribution in [1.29, 1.82) is 0 Å². The zero-order valence-corrected chi connectivity index (χ0v) is 13.5. The third kappa shape index (κ3) is 3.54. The molecule has 2 heterocycles. The standard InChI is InChI=1S/C12H24N4O4S/c1-9-7-15(8-10(2)20-9)21(18,19)16-5-4-14-6-11(16)12(17)13-3/h9-11,14H,4-8H2,1-3H3,(H,13,17). The van der Waals surface area contributed by atoms with E-state index >= 15 is 0 Å². The highest BCUT2D eigenvalue weighted by Crippen LogP contribution is 2.20. The topological polar surface area (TPSA) is 91.0 Å². The van der Waals surface area contributed by atoms with E-state index in [2.05, 4.69) is 10.6 Å². The normalized spacial score (nSPS) is 32.8. The molecule has 3 unspecified atom stereocenters. The van der Waals surface area contributed by atoms with Crippen molar-refractivity contribution < 1.29 is 17.9 Å². The Balaban J connectivity index is 2.21. The van der Waals surface area contributed by atoms with Crippen LogP contribution in [0.25, 0.3) is 0 Å². The lowest BCUT2D eigenvalue weighted by Crippen LogP contribution is -2.63. The molecule has 0 aliphatic carbocycles. The van der Waals surface area contributed by atoms with Gasteiger partial charge in [-0.15, -0.1) is 0 Å². The van der Waals surface area contributed by atoms with Gasteiger partial charge in [-0.05, 0) is 13.8 Å². The van der Waals surface area contributed by atoms with Crippen LogP contribution in [0.15, 0.2) is 0 Å². The minimum Gasteiger partial charge on any atom is -0.373 e. The molecular formula is C12H24N4O4S. The second-order valence-corrected chi connectivity index (χ2v) is 7.41. The third-order valence-electron chi connectivity index (χ3n) is 3.75. The summed E-state index contributed by atoms with van der Waals surface area (Å²) >= 11 is 0. The predicted octanol–water partition coefficient (Wildman–Crippen LogP) is -1.64. The highest BCUT2D eigenvalue weighted by Gasteiger charge is 2.41. The van der Waals surface area contributed by atoms with Crippen molar-refractivity contribution in [2.24, 2.45) is 0 Å². The van der Waals surface area contributed by atoms with Crippen molar-refractivity contribution in [3.8, 4) is 0 Å². The predicted molar refractivity (Wildman–Crippen MR) is 77.9 cm³/mol. The number of piperazine rings is 1. The first-order valence-corrected chi connectivity index (χ1v) is 8.60. The van der Waals surface area contributed by atoms with Crippen LogP contribution >= 0.6 is 0 Å². The molecular weight excluding hydrogens is 296 g/mol. The molecule has 8 nitrogen and oxygen atoms in total. The molecule has 0 bridgehead atoms. The molecule has 1 amide bonds. The lowest BCUT2D eigenvalue weighted by molar-refractivity contribution is -0.124. The molecule has 0 aromatic heterocycles. The fraction of sp³-hybridized carbons (Fsp3) is 0.917. The summed E-state index contributed by atoms with van der Waals surface area (Å²) in [7, 11) is -2.15. The molecule has 0 aromatic rings. The highest BCUT2D eigenvalue weighted by atomic mass is 32.2. The van der Waals surface area contributed by atoms with E-state index in [0.29, 0.717) is 32.7 Å². The summed E-state index contributed by atoms with van der Waals surface area (Å²) in [6, 6.07) is -0.706. The highest BCUT2D eigenvalue weighted by molar-refractivity contribution is 7.86. The van der Waals surface area contributed by atoms with Gasteiger partial charge >= 0.3 is 0 Å². The summed E-state index contributed by atoms with van der Waals surface area (Å²) in [6.07, 6.45) is -0.296. The van der Waals surface area contributed by atoms with Gasteiger partial charge in [0.15, 0.2) is 0 Å². The molecule has 2 aliphatic heterocycles. The molecule has 0 aromatic carbocycles. The van der Waals surface area contributed by atoms with Crippen molar-refractivity contribution >= 4 is 16.1 Å². The quantitative estimate of drug-likeness (QED) is 0.651. The summed E-state index contributed by atoms with van der Waals surface area (Å²) < 4.78 is 34.0. The van der Waals surface area contributed by atoms with Gasteiger partial charge in [0.05, 0.1) is 12.2 Å². The maximum atomic E-state index is 12.9. The van der Waals surface area contributed by atoms with Crippen molar-refractivity contribution in [2.45, 2.75) is 32.1 Å². The number of carbonyl (C=O) groups excluding carboxylic acids is 1. The number of ether oxygens (including phenoxy) is 1. The average Bonchev–Trinajstić information content (AvgIpc) is 2.45. The number of nitrogens with one attached hydrogen (secondary N) is 2. The van der Waals surface area contributed by atoms with E-state index in [1.807, 2.05) is 13.8 Å². The number of carbonyl (C=O) groups is 1. The molecule has 0 saturated carbocycles. The number of likely N-dealkylation sites (N-methyl/N-ethyl adjacent to an activating group) is 1. The summed E-state index contributed by atoms with van der Waals surface area (Å²) in [6.45, 7) is 5.50. The Bertz CT molecular complexity index is 474. The van der Waals surface area contributed by atoms with Gasteiger partial charge in [0, 0.05) is 39.8 Å². The van der Waals surface area contributed by atoms with Gasteiger partial charge in [-0.25, -0.2) is 0 Å².